The number of Topliss-reactive ketones (excluding diaryl/α,β-unsaturated/α-hetero) is 1. The van der Waals surface area contributed by atoms with Crippen LogP contribution in [-0.2, 0) is 13.1 Å². The van der Waals surface area contributed by atoms with Gasteiger partial charge >= 0.3 is 0 Å². The van der Waals surface area contributed by atoms with Gasteiger partial charge in [-0.1, -0.05) is 19.4 Å². The van der Waals surface area contributed by atoms with Crippen molar-refractivity contribution in [2.75, 3.05) is 26.2 Å². The number of phenolic OH excluding ortho intramolecular Hbond substituents is 1. The molecule has 1 saturated heterocycles. The number of amides is 2. The number of fused-ring (bicyclic) bond motifs is 2. The molecule has 3 N–H and O–H groups in total. The summed E-state index contributed by atoms with van der Waals surface area (Å²) in [6, 6.07) is 8.59. The third kappa shape index (κ3) is 4.39. The fourth-order valence-electron chi connectivity index (χ4n) is 4.78. The number of carbonyl (C=O) groups is 3. The molecule has 2 amide bonds. The first kappa shape index (κ1) is 23.0. The van der Waals surface area contributed by atoms with Crippen LogP contribution in [0.25, 0.3) is 10.9 Å². The molecule has 0 radical (unpaired) electrons. The average molecular weight is 476 g/mol. The zero-order valence-electron chi connectivity index (χ0n) is 19.8. The van der Waals surface area contributed by atoms with Gasteiger partial charge in [-0.2, -0.15) is 5.10 Å². The van der Waals surface area contributed by atoms with Gasteiger partial charge in [0.1, 0.15) is 11.4 Å². The van der Waals surface area contributed by atoms with Crippen LogP contribution >= 0.6 is 0 Å². The van der Waals surface area contributed by atoms with Gasteiger partial charge < -0.3 is 20.2 Å². The predicted molar refractivity (Wildman–Crippen MR) is 130 cm³/mol. The van der Waals surface area contributed by atoms with E-state index in [0.717, 1.165) is 37.1 Å². The zero-order valence-corrected chi connectivity index (χ0v) is 19.8. The molecule has 9 heteroatoms. The van der Waals surface area contributed by atoms with Gasteiger partial charge in [0.05, 0.1) is 11.1 Å². The van der Waals surface area contributed by atoms with E-state index in [4.69, 9.17) is 0 Å². The van der Waals surface area contributed by atoms with Crippen molar-refractivity contribution in [1.29, 1.82) is 0 Å². The molecule has 182 valence electrons. The van der Waals surface area contributed by atoms with Crippen LogP contribution in [0.15, 0.2) is 30.3 Å². The Balaban J connectivity index is 1.37. The monoisotopic (exact) mass is 475 g/mol. The summed E-state index contributed by atoms with van der Waals surface area (Å²) >= 11 is 0. The molecule has 0 spiro atoms. The smallest absolute Gasteiger partial charge is 0.258 e. The van der Waals surface area contributed by atoms with E-state index >= 15 is 0 Å². The van der Waals surface area contributed by atoms with E-state index in [1.165, 1.54) is 6.07 Å². The van der Waals surface area contributed by atoms with E-state index in [1.54, 1.807) is 11.0 Å². The SMILES string of the molecule is CCCCC(=O)c1n[nH]c2cc(O)c(C(=O)N3Cc4ccc(C(=O)N5CCNCC5)cc4C3)cc12. The molecule has 35 heavy (non-hydrogen) atoms. The third-order valence-electron chi connectivity index (χ3n) is 6.80. The third-order valence-corrected chi connectivity index (χ3v) is 6.80. The average Bonchev–Trinajstić information content (AvgIpc) is 3.50. The molecule has 0 bridgehead atoms. The number of unbranched alkanes of at least 4 members (excludes halogenated alkanes) is 1. The standard InChI is InChI=1S/C26H29N5O4/c1-2-3-4-22(32)24-19-12-20(23(33)13-21(19)28-29-24)26(35)31-14-17-6-5-16(11-18(17)15-31)25(34)30-9-7-27-8-10-30/h5-6,11-13,27,33H,2-4,7-10,14-15H2,1H3,(H,28,29). The number of H-pyrrole nitrogens is 1. The molecule has 0 unspecified atom stereocenters. The summed E-state index contributed by atoms with van der Waals surface area (Å²) in [5.41, 5.74) is 3.47. The number of nitrogens with one attached hydrogen (secondary N) is 2. The summed E-state index contributed by atoms with van der Waals surface area (Å²) in [6.45, 7) is 5.69. The molecule has 5 rings (SSSR count). The number of phenols is 1. The molecule has 3 heterocycles. The van der Waals surface area contributed by atoms with Gasteiger partial charge in [0.15, 0.2) is 5.78 Å². The van der Waals surface area contributed by atoms with Crippen molar-refractivity contribution in [2.24, 2.45) is 0 Å². The van der Waals surface area contributed by atoms with E-state index in [0.29, 0.717) is 54.8 Å². The number of carbonyl (C=O) groups excluding carboxylic acids is 3. The number of ketones is 1. The lowest BCUT2D eigenvalue weighted by atomic mass is 10.0. The van der Waals surface area contributed by atoms with Crippen molar-refractivity contribution >= 4 is 28.5 Å². The van der Waals surface area contributed by atoms with Crippen molar-refractivity contribution in [3.63, 3.8) is 0 Å². The Kier molecular flexibility index (Phi) is 6.25. The lowest BCUT2D eigenvalue weighted by Gasteiger charge is -2.27. The number of hydrogen-bond acceptors (Lipinski definition) is 6. The molecule has 2 aliphatic heterocycles. The maximum absolute atomic E-state index is 13.4. The van der Waals surface area contributed by atoms with Gasteiger partial charge in [0, 0.05) is 62.7 Å². The van der Waals surface area contributed by atoms with Crippen LogP contribution in [0.5, 0.6) is 5.75 Å². The summed E-state index contributed by atoms with van der Waals surface area (Å²) in [5.74, 6) is -0.576. The van der Waals surface area contributed by atoms with Crippen LogP contribution in [0.4, 0.5) is 0 Å². The van der Waals surface area contributed by atoms with Crippen molar-refractivity contribution in [3.8, 4) is 5.75 Å². The van der Waals surface area contributed by atoms with Gasteiger partial charge in [0.2, 0.25) is 0 Å². The van der Waals surface area contributed by atoms with Crippen molar-refractivity contribution in [1.82, 2.24) is 25.3 Å². The highest BCUT2D eigenvalue weighted by Crippen LogP contribution is 2.31. The summed E-state index contributed by atoms with van der Waals surface area (Å²) in [4.78, 5) is 42.3. The highest BCUT2D eigenvalue weighted by atomic mass is 16.3. The molecule has 0 atom stereocenters. The Labute approximate surface area is 203 Å². The highest BCUT2D eigenvalue weighted by molar-refractivity contribution is 6.09. The molecule has 3 aromatic rings. The second-order valence-corrected chi connectivity index (χ2v) is 9.20. The lowest BCUT2D eigenvalue weighted by molar-refractivity contribution is 0.0734. The second-order valence-electron chi connectivity index (χ2n) is 9.20. The number of aromatic hydroxyl groups is 1. The fraction of sp³-hybridized carbons (Fsp3) is 0.385. The first-order valence-corrected chi connectivity index (χ1v) is 12.1. The highest BCUT2D eigenvalue weighted by Gasteiger charge is 2.28. The topological polar surface area (TPSA) is 119 Å². The van der Waals surface area contributed by atoms with Crippen LogP contribution in [0, 0.1) is 0 Å². The number of benzene rings is 2. The molecule has 9 nitrogen and oxygen atoms in total. The van der Waals surface area contributed by atoms with Gasteiger partial charge in [-0.3, -0.25) is 19.5 Å². The minimum Gasteiger partial charge on any atom is -0.507 e. The van der Waals surface area contributed by atoms with Gasteiger partial charge in [-0.05, 0) is 35.7 Å². The van der Waals surface area contributed by atoms with E-state index in [-0.39, 0.29) is 28.9 Å². The van der Waals surface area contributed by atoms with Crippen molar-refractivity contribution in [2.45, 2.75) is 39.3 Å². The molecular formula is C26H29N5O4. The molecule has 0 saturated carbocycles. The minimum absolute atomic E-state index is 0.00222. The predicted octanol–water partition coefficient (Wildman–Crippen LogP) is 2.84. The molecule has 1 aromatic heterocycles. The first-order chi connectivity index (χ1) is 17.0. The van der Waals surface area contributed by atoms with Crippen LogP contribution in [0.3, 0.4) is 0 Å². The largest absolute Gasteiger partial charge is 0.507 e. The van der Waals surface area contributed by atoms with E-state index in [2.05, 4.69) is 15.5 Å². The maximum atomic E-state index is 13.4. The molecule has 2 aliphatic rings. The van der Waals surface area contributed by atoms with E-state index in [9.17, 15) is 19.5 Å². The summed E-state index contributed by atoms with van der Waals surface area (Å²) < 4.78 is 0. The molecule has 1 fully saturated rings. The number of piperazine rings is 1. The zero-order chi connectivity index (χ0) is 24.5. The summed E-state index contributed by atoms with van der Waals surface area (Å²) in [5, 5.41) is 21.3. The Morgan fingerprint density at radius 3 is 2.54 bits per heavy atom. The van der Waals surface area contributed by atoms with Crippen molar-refractivity contribution < 1.29 is 19.5 Å². The summed E-state index contributed by atoms with van der Waals surface area (Å²) in [7, 11) is 0. The minimum atomic E-state index is -0.330. The molecule has 0 aliphatic carbocycles. The van der Waals surface area contributed by atoms with Crippen LogP contribution in [0.2, 0.25) is 0 Å². The second kappa shape index (κ2) is 9.50. The van der Waals surface area contributed by atoms with Gasteiger partial charge in [-0.15, -0.1) is 0 Å². The Morgan fingerprint density at radius 1 is 1.00 bits per heavy atom. The maximum Gasteiger partial charge on any atom is 0.258 e. The number of rotatable bonds is 6. The number of hydrogen-bond donors (Lipinski definition) is 3. The Morgan fingerprint density at radius 2 is 1.77 bits per heavy atom. The van der Waals surface area contributed by atoms with Gasteiger partial charge in [-0.25, -0.2) is 0 Å². The lowest BCUT2D eigenvalue weighted by Crippen LogP contribution is -2.46. The Bertz CT molecular complexity index is 1310. The Hall–Kier alpha value is -3.72. The fourth-order valence-corrected chi connectivity index (χ4v) is 4.78. The number of nitrogens with zero attached hydrogens (tertiary/aromatic N) is 3. The first-order valence-electron chi connectivity index (χ1n) is 12.1. The van der Waals surface area contributed by atoms with Crippen LogP contribution in [-0.4, -0.2) is 68.9 Å². The van der Waals surface area contributed by atoms with Crippen LogP contribution in [0.1, 0.15) is 68.5 Å². The van der Waals surface area contributed by atoms with Crippen LogP contribution < -0.4 is 5.32 Å². The van der Waals surface area contributed by atoms with E-state index in [1.807, 2.05) is 30.0 Å². The number of aromatic amines is 1. The van der Waals surface area contributed by atoms with Crippen molar-refractivity contribution in [3.05, 3.63) is 58.3 Å². The summed E-state index contributed by atoms with van der Waals surface area (Å²) in [6.07, 6.45) is 2.05. The van der Waals surface area contributed by atoms with Gasteiger partial charge in [0.25, 0.3) is 11.8 Å². The molecular weight excluding hydrogens is 446 g/mol. The number of aromatic nitrogens is 2. The van der Waals surface area contributed by atoms with E-state index < -0.39 is 0 Å². The molecule has 2 aromatic carbocycles. The normalized spacial score (nSPS) is 15.5. The quantitative estimate of drug-likeness (QED) is 0.472.